The highest BCUT2D eigenvalue weighted by Gasteiger charge is 2.58. The minimum Gasteiger partial charge on any atom is -0.339 e. The van der Waals surface area contributed by atoms with Crippen molar-refractivity contribution in [1.82, 2.24) is 29.5 Å². The monoisotopic (exact) mass is 436 g/mol. The first kappa shape index (κ1) is 21.0. The fraction of sp³-hybridized carbons (Fsp3) is 0.684. The molecular formula is C19H28N6O4S. The van der Waals surface area contributed by atoms with Gasteiger partial charge in [-0.05, 0) is 46.5 Å². The average molecular weight is 437 g/mol. The predicted octanol–water partition coefficient (Wildman–Crippen LogP) is 1.01. The molecule has 1 amide bonds. The van der Waals surface area contributed by atoms with E-state index >= 15 is 0 Å². The lowest BCUT2D eigenvalue weighted by atomic mass is 9.80. The summed E-state index contributed by atoms with van der Waals surface area (Å²) in [5, 5.41) is 8.33. The molecule has 1 saturated heterocycles. The number of sulfonamides is 1. The van der Waals surface area contributed by atoms with Crippen LogP contribution in [0.25, 0.3) is 0 Å². The highest BCUT2D eigenvalue weighted by atomic mass is 32.2. The summed E-state index contributed by atoms with van der Waals surface area (Å²) in [4.78, 5) is 19.5. The Kier molecular flexibility index (Phi) is 5.21. The van der Waals surface area contributed by atoms with Gasteiger partial charge in [0.2, 0.25) is 15.9 Å². The van der Waals surface area contributed by atoms with Gasteiger partial charge >= 0.3 is 0 Å². The Hall–Kier alpha value is -2.27. The van der Waals surface area contributed by atoms with Crippen LogP contribution >= 0.6 is 0 Å². The summed E-state index contributed by atoms with van der Waals surface area (Å²) >= 11 is 0. The van der Waals surface area contributed by atoms with E-state index in [1.165, 1.54) is 0 Å². The van der Waals surface area contributed by atoms with Crippen LogP contribution in [0.5, 0.6) is 0 Å². The van der Waals surface area contributed by atoms with E-state index in [2.05, 4.69) is 20.0 Å². The maximum absolute atomic E-state index is 13.3. The van der Waals surface area contributed by atoms with Gasteiger partial charge in [-0.2, -0.15) is 10.1 Å². The summed E-state index contributed by atoms with van der Waals surface area (Å²) in [6.45, 7) is 8.82. The highest BCUT2D eigenvalue weighted by Crippen LogP contribution is 2.50. The molecule has 30 heavy (non-hydrogen) atoms. The number of nitrogens with one attached hydrogen (secondary N) is 1. The second-order valence-electron chi connectivity index (χ2n) is 8.33. The van der Waals surface area contributed by atoms with Gasteiger partial charge in [-0.25, -0.2) is 13.1 Å². The van der Waals surface area contributed by atoms with Gasteiger partial charge in [0.25, 0.3) is 5.91 Å². The number of aromatic nitrogens is 4. The Morgan fingerprint density at radius 1 is 1.37 bits per heavy atom. The summed E-state index contributed by atoms with van der Waals surface area (Å²) in [5.41, 5.74) is 0.749. The number of nitrogens with zero attached hydrogens (tertiary/aromatic N) is 5. The molecule has 1 aliphatic carbocycles. The van der Waals surface area contributed by atoms with Gasteiger partial charge in [0.1, 0.15) is 0 Å². The van der Waals surface area contributed by atoms with Gasteiger partial charge in [-0.1, -0.05) is 5.16 Å². The van der Waals surface area contributed by atoms with Crippen molar-refractivity contribution in [3.63, 3.8) is 0 Å². The molecule has 0 spiro atoms. The van der Waals surface area contributed by atoms with Crippen LogP contribution in [-0.2, 0) is 22.0 Å². The van der Waals surface area contributed by atoms with E-state index in [9.17, 15) is 13.2 Å². The SMILES string of the molecule is CCn1cc(C(=O)N2C[C@@H]3C[C@@H](NS(=O)(=O)CC)C[C@]3(c3nc(C)no3)C2)c(C)n1. The molecule has 3 heterocycles. The van der Waals surface area contributed by atoms with Crippen molar-refractivity contribution in [3.05, 3.63) is 29.2 Å². The summed E-state index contributed by atoms with van der Waals surface area (Å²) in [5.74, 6) is 1.02. The van der Waals surface area contributed by atoms with Crippen LogP contribution in [0.2, 0.25) is 0 Å². The standard InChI is InChI=1S/C19H28N6O4S/c1-5-25-10-16(12(3)21-25)17(26)24-9-14-7-15(23-30(27,28)6-2)8-19(14,11-24)18-20-13(4)22-29-18/h10,14-15,23H,5-9,11H2,1-4H3/t14-,15+,19-/m0/s1. The lowest BCUT2D eigenvalue weighted by Gasteiger charge is -2.25. The lowest BCUT2D eigenvalue weighted by Crippen LogP contribution is -2.40. The Labute approximate surface area is 176 Å². The average Bonchev–Trinajstić information content (AvgIpc) is 3.43. The molecule has 4 rings (SSSR count). The molecule has 2 fully saturated rings. The highest BCUT2D eigenvalue weighted by molar-refractivity contribution is 7.89. The molecule has 2 aromatic heterocycles. The smallest absolute Gasteiger partial charge is 0.257 e. The van der Waals surface area contributed by atoms with E-state index in [1.54, 1.807) is 24.7 Å². The van der Waals surface area contributed by atoms with Crippen molar-refractivity contribution in [1.29, 1.82) is 0 Å². The molecule has 1 aliphatic heterocycles. The molecule has 1 N–H and O–H groups in total. The molecule has 11 heteroatoms. The zero-order valence-electron chi connectivity index (χ0n) is 17.8. The normalized spacial score (nSPS) is 26.3. The molecule has 164 valence electrons. The third kappa shape index (κ3) is 3.53. The second kappa shape index (κ2) is 7.45. The molecule has 0 radical (unpaired) electrons. The van der Waals surface area contributed by atoms with Crippen LogP contribution in [0, 0.1) is 19.8 Å². The predicted molar refractivity (Wildman–Crippen MR) is 108 cm³/mol. The first-order valence-corrected chi connectivity index (χ1v) is 12.0. The minimum atomic E-state index is -3.32. The second-order valence-corrected chi connectivity index (χ2v) is 10.4. The fourth-order valence-electron chi connectivity index (χ4n) is 4.84. The van der Waals surface area contributed by atoms with E-state index in [1.807, 2.05) is 18.7 Å². The van der Waals surface area contributed by atoms with Gasteiger partial charge in [0, 0.05) is 31.9 Å². The van der Waals surface area contributed by atoms with Crippen LogP contribution in [0.15, 0.2) is 10.7 Å². The molecule has 0 unspecified atom stereocenters. The van der Waals surface area contributed by atoms with Crippen molar-refractivity contribution in [2.24, 2.45) is 5.92 Å². The fourth-order valence-corrected chi connectivity index (χ4v) is 5.70. The van der Waals surface area contributed by atoms with Gasteiger partial charge in [-0.15, -0.1) is 0 Å². The van der Waals surface area contributed by atoms with E-state index in [0.717, 1.165) is 0 Å². The van der Waals surface area contributed by atoms with Crippen LogP contribution < -0.4 is 4.72 Å². The maximum atomic E-state index is 13.3. The first-order valence-electron chi connectivity index (χ1n) is 10.3. The lowest BCUT2D eigenvalue weighted by molar-refractivity contribution is 0.0772. The quantitative estimate of drug-likeness (QED) is 0.717. The summed E-state index contributed by atoms with van der Waals surface area (Å²) in [7, 11) is -3.32. The zero-order valence-corrected chi connectivity index (χ0v) is 18.6. The Morgan fingerprint density at radius 3 is 2.73 bits per heavy atom. The van der Waals surface area contributed by atoms with Crippen molar-refractivity contribution in [2.75, 3.05) is 18.8 Å². The molecule has 3 atom stereocenters. The van der Waals surface area contributed by atoms with E-state index < -0.39 is 15.4 Å². The van der Waals surface area contributed by atoms with E-state index in [0.29, 0.717) is 55.4 Å². The number of fused-ring (bicyclic) bond motifs is 1. The van der Waals surface area contributed by atoms with Crippen molar-refractivity contribution in [2.45, 2.75) is 58.5 Å². The van der Waals surface area contributed by atoms with Crippen molar-refractivity contribution >= 4 is 15.9 Å². The number of amides is 1. The number of hydrogen-bond acceptors (Lipinski definition) is 7. The van der Waals surface area contributed by atoms with Crippen LogP contribution in [-0.4, -0.2) is 64.0 Å². The van der Waals surface area contributed by atoms with E-state index in [4.69, 9.17) is 4.52 Å². The summed E-state index contributed by atoms with van der Waals surface area (Å²) < 4.78 is 34.3. The third-order valence-corrected chi connectivity index (χ3v) is 7.80. The molecule has 2 aromatic rings. The van der Waals surface area contributed by atoms with Crippen LogP contribution in [0.3, 0.4) is 0 Å². The van der Waals surface area contributed by atoms with Crippen LogP contribution in [0.1, 0.15) is 54.5 Å². The number of carbonyl (C=O) groups excluding carboxylic acids is 1. The zero-order chi connectivity index (χ0) is 21.7. The number of hydrogen-bond donors (Lipinski definition) is 1. The molecule has 10 nitrogen and oxygen atoms in total. The number of carbonyl (C=O) groups is 1. The molecule has 2 aliphatic rings. The minimum absolute atomic E-state index is 0.0339. The van der Waals surface area contributed by atoms with Crippen LogP contribution in [0.4, 0.5) is 0 Å². The topological polar surface area (TPSA) is 123 Å². The van der Waals surface area contributed by atoms with E-state index in [-0.39, 0.29) is 23.6 Å². The molecular weight excluding hydrogens is 408 g/mol. The largest absolute Gasteiger partial charge is 0.339 e. The maximum Gasteiger partial charge on any atom is 0.257 e. The van der Waals surface area contributed by atoms with Crippen molar-refractivity contribution < 1.29 is 17.7 Å². The molecule has 0 aromatic carbocycles. The van der Waals surface area contributed by atoms with Gasteiger partial charge in [0.15, 0.2) is 5.82 Å². The summed E-state index contributed by atoms with van der Waals surface area (Å²) in [6.07, 6.45) is 2.93. The number of aryl methyl sites for hydroxylation is 3. The Balaban J connectivity index is 1.62. The summed E-state index contributed by atoms with van der Waals surface area (Å²) in [6, 6.07) is -0.214. The van der Waals surface area contributed by atoms with Gasteiger partial charge in [-0.3, -0.25) is 9.48 Å². The Morgan fingerprint density at radius 2 is 2.13 bits per heavy atom. The molecule has 0 bridgehead atoms. The third-order valence-electron chi connectivity index (χ3n) is 6.34. The molecule has 1 saturated carbocycles. The number of likely N-dealkylation sites (tertiary alicyclic amines) is 1. The Bertz CT molecular complexity index is 1060. The van der Waals surface area contributed by atoms with Gasteiger partial charge < -0.3 is 9.42 Å². The number of rotatable bonds is 6. The van der Waals surface area contributed by atoms with Gasteiger partial charge in [0.05, 0.1) is 22.4 Å². The van der Waals surface area contributed by atoms with Crippen molar-refractivity contribution in [3.8, 4) is 0 Å². The first-order chi connectivity index (χ1) is 14.2.